The van der Waals surface area contributed by atoms with Crippen LogP contribution in [0.1, 0.15) is 30.1 Å². The highest BCUT2D eigenvalue weighted by Crippen LogP contribution is 2.14. The van der Waals surface area contributed by atoms with Crippen LogP contribution in [0.15, 0.2) is 48.7 Å². The van der Waals surface area contributed by atoms with Crippen molar-refractivity contribution in [3.63, 3.8) is 0 Å². The number of rotatable bonds is 6. The standard InChI is InChI=1S/C15H18N4O/c16-14(12-5-2-1-3-6-12)8-9-15(20)17-11-13-7-4-10-18-19-13/h1-7,10,14H,8-9,11,16H2,(H,17,20). The van der Waals surface area contributed by atoms with Crippen molar-refractivity contribution in [1.82, 2.24) is 15.5 Å². The lowest BCUT2D eigenvalue weighted by atomic mass is 10.0. The van der Waals surface area contributed by atoms with Gasteiger partial charge in [-0.3, -0.25) is 4.79 Å². The molecule has 0 fully saturated rings. The van der Waals surface area contributed by atoms with Crippen LogP contribution in [0.4, 0.5) is 0 Å². The Kier molecular flexibility index (Phi) is 5.20. The number of nitrogens with two attached hydrogens (primary N) is 1. The SMILES string of the molecule is NC(CCC(=O)NCc1cccnn1)c1ccccc1. The van der Waals surface area contributed by atoms with Gasteiger partial charge in [0, 0.05) is 18.7 Å². The number of hydrogen-bond donors (Lipinski definition) is 2. The first kappa shape index (κ1) is 14.1. The fraction of sp³-hybridized carbons (Fsp3) is 0.267. The Hall–Kier alpha value is -2.27. The zero-order valence-corrected chi connectivity index (χ0v) is 11.2. The van der Waals surface area contributed by atoms with Crippen LogP contribution in [0.25, 0.3) is 0 Å². The highest BCUT2D eigenvalue weighted by Gasteiger charge is 2.08. The molecule has 5 nitrogen and oxygen atoms in total. The molecule has 0 spiro atoms. The maximum absolute atomic E-state index is 11.7. The maximum Gasteiger partial charge on any atom is 0.220 e. The van der Waals surface area contributed by atoms with E-state index in [1.807, 2.05) is 36.4 Å². The Balaban J connectivity index is 1.73. The molecule has 0 aliphatic carbocycles. The Morgan fingerprint density at radius 1 is 1.20 bits per heavy atom. The van der Waals surface area contributed by atoms with Crippen molar-refractivity contribution in [2.24, 2.45) is 5.73 Å². The molecule has 1 aromatic heterocycles. The Bertz CT molecular complexity index is 530. The molecule has 2 aromatic rings. The van der Waals surface area contributed by atoms with Crippen molar-refractivity contribution in [2.75, 3.05) is 0 Å². The summed E-state index contributed by atoms with van der Waals surface area (Å²) in [6, 6.07) is 13.3. The molecule has 3 N–H and O–H groups in total. The second-order valence-corrected chi connectivity index (χ2v) is 4.55. The Labute approximate surface area is 118 Å². The van der Waals surface area contributed by atoms with Gasteiger partial charge in [0.1, 0.15) is 0 Å². The van der Waals surface area contributed by atoms with Crippen LogP contribution in [-0.4, -0.2) is 16.1 Å². The van der Waals surface area contributed by atoms with Crippen molar-refractivity contribution in [3.8, 4) is 0 Å². The van der Waals surface area contributed by atoms with Gasteiger partial charge in [0.2, 0.25) is 5.91 Å². The molecule has 1 amide bonds. The molecule has 2 rings (SSSR count). The van der Waals surface area contributed by atoms with Crippen LogP contribution in [-0.2, 0) is 11.3 Å². The van der Waals surface area contributed by atoms with Crippen LogP contribution in [0, 0.1) is 0 Å². The number of carbonyl (C=O) groups is 1. The van der Waals surface area contributed by atoms with Crippen molar-refractivity contribution in [2.45, 2.75) is 25.4 Å². The van der Waals surface area contributed by atoms with Crippen LogP contribution < -0.4 is 11.1 Å². The molecule has 0 aliphatic rings. The van der Waals surface area contributed by atoms with Gasteiger partial charge in [0.25, 0.3) is 0 Å². The molecular formula is C15H18N4O. The van der Waals surface area contributed by atoms with E-state index in [4.69, 9.17) is 5.73 Å². The van der Waals surface area contributed by atoms with Crippen molar-refractivity contribution < 1.29 is 4.79 Å². The summed E-state index contributed by atoms with van der Waals surface area (Å²) >= 11 is 0. The summed E-state index contributed by atoms with van der Waals surface area (Å²) in [7, 11) is 0. The lowest BCUT2D eigenvalue weighted by Gasteiger charge is -2.11. The highest BCUT2D eigenvalue weighted by molar-refractivity contribution is 5.75. The largest absolute Gasteiger partial charge is 0.350 e. The van der Waals surface area contributed by atoms with Gasteiger partial charge in [0.15, 0.2) is 0 Å². The fourth-order valence-corrected chi connectivity index (χ4v) is 1.86. The smallest absolute Gasteiger partial charge is 0.220 e. The van der Waals surface area contributed by atoms with Crippen LogP contribution in [0.2, 0.25) is 0 Å². The fourth-order valence-electron chi connectivity index (χ4n) is 1.86. The molecule has 0 aliphatic heterocycles. The topological polar surface area (TPSA) is 80.9 Å². The van der Waals surface area contributed by atoms with Gasteiger partial charge in [0.05, 0.1) is 12.2 Å². The van der Waals surface area contributed by atoms with Gasteiger partial charge in [-0.15, -0.1) is 0 Å². The van der Waals surface area contributed by atoms with Gasteiger partial charge in [-0.05, 0) is 24.1 Å². The van der Waals surface area contributed by atoms with Gasteiger partial charge >= 0.3 is 0 Å². The third-order valence-corrected chi connectivity index (χ3v) is 3.00. The summed E-state index contributed by atoms with van der Waals surface area (Å²) in [5, 5.41) is 10.5. The monoisotopic (exact) mass is 270 g/mol. The summed E-state index contributed by atoms with van der Waals surface area (Å²) in [4.78, 5) is 11.7. The zero-order chi connectivity index (χ0) is 14.2. The summed E-state index contributed by atoms with van der Waals surface area (Å²) in [5.74, 6) is -0.0259. The minimum atomic E-state index is -0.113. The Morgan fingerprint density at radius 3 is 2.70 bits per heavy atom. The molecule has 20 heavy (non-hydrogen) atoms. The number of benzene rings is 1. The van der Waals surface area contributed by atoms with Gasteiger partial charge in [-0.1, -0.05) is 30.3 Å². The lowest BCUT2D eigenvalue weighted by Crippen LogP contribution is -2.24. The molecule has 0 radical (unpaired) electrons. The average Bonchev–Trinajstić information content (AvgIpc) is 2.52. The maximum atomic E-state index is 11.7. The summed E-state index contributed by atoms with van der Waals surface area (Å²) in [6.07, 6.45) is 2.62. The van der Waals surface area contributed by atoms with E-state index >= 15 is 0 Å². The molecule has 0 saturated carbocycles. The first-order valence-corrected chi connectivity index (χ1v) is 6.59. The van der Waals surface area contributed by atoms with Gasteiger partial charge < -0.3 is 11.1 Å². The van der Waals surface area contributed by atoms with E-state index in [0.29, 0.717) is 19.4 Å². The predicted octanol–water partition coefficient (Wildman–Crippen LogP) is 1.57. The first-order valence-electron chi connectivity index (χ1n) is 6.59. The van der Waals surface area contributed by atoms with E-state index < -0.39 is 0 Å². The zero-order valence-electron chi connectivity index (χ0n) is 11.2. The van der Waals surface area contributed by atoms with E-state index in [2.05, 4.69) is 15.5 Å². The minimum Gasteiger partial charge on any atom is -0.350 e. The van der Waals surface area contributed by atoms with E-state index in [0.717, 1.165) is 11.3 Å². The van der Waals surface area contributed by atoms with Crippen molar-refractivity contribution in [3.05, 3.63) is 59.9 Å². The molecular weight excluding hydrogens is 252 g/mol. The molecule has 0 saturated heterocycles. The number of aromatic nitrogens is 2. The lowest BCUT2D eigenvalue weighted by molar-refractivity contribution is -0.121. The predicted molar refractivity (Wildman–Crippen MR) is 76.5 cm³/mol. The van der Waals surface area contributed by atoms with E-state index in [9.17, 15) is 4.79 Å². The van der Waals surface area contributed by atoms with Gasteiger partial charge in [-0.2, -0.15) is 10.2 Å². The normalized spacial score (nSPS) is 11.8. The van der Waals surface area contributed by atoms with Crippen molar-refractivity contribution in [1.29, 1.82) is 0 Å². The third kappa shape index (κ3) is 4.44. The minimum absolute atomic E-state index is 0.0259. The second-order valence-electron chi connectivity index (χ2n) is 4.55. The van der Waals surface area contributed by atoms with Gasteiger partial charge in [-0.25, -0.2) is 0 Å². The average molecular weight is 270 g/mol. The number of amides is 1. The number of hydrogen-bond acceptors (Lipinski definition) is 4. The molecule has 5 heteroatoms. The van der Waals surface area contributed by atoms with Crippen molar-refractivity contribution >= 4 is 5.91 Å². The van der Waals surface area contributed by atoms with Crippen LogP contribution in [0.3, 0.4) is 0 Å². The molecule has 1 heterocycles. The molecule has 1 atom stereocenters. The molecule has 0 bridgehead atoms. The van der Waals surface area contributed by atoms with Crippen LogP contribution >= 0.6 is 0 Å². The number of nitrogens with zero attached hydrogens (tertiary/aromatic N) is 2. The van der Waals surface area contributed by atoms with E-state index in [-0.39, 0.29) is 11.9 Å². The first-order chi connectivity index (χ1) is 9.75. The molecule has 104 valence electrons. The third-order valence-electron chi connectivity index (χ3n) is 3.00. The number of carbonyl (C=O) groups excluding carboxylic acids is 1. The summed E-state index contributed by atoms with van der Waals surface area (Å²) in [5.41, 5.74) is 7.84. The van der Waals surface area contributed by atoms with E-state index in [1.165, 1.54) is 0 Å². The second kappa shape index (κ2) is 7.35. The summed E-state index contributed by atoms with van der Waals surface area (Å²) in [6.45, 7) is 0.396. The number of nitrogens with one attached hydrogen (secondary N) is 1. The summed E-state index contributed by atoms with van der Waals surface area (Å²) < 4.78 is 0. The quantitative estimate of drug-likeness (QED) is 0.835. The highest BCUT2D eigenvalue weighted by atomic mass is 16.1. The van der Waals surface area contributed by atoms with Crippen LogP contribution in [0.5, 0.6) is 0 Å². The van der Waals surface area contributed by atoms with E-state index in [1.54, 1.807) is 12.3 Å². The Morgan fingerprint density at radius 2 is 2.00 bits per heavy atom. The molecule has 1 unspecified atom stereocenters. The molecule has 1 aromatic carbocycles.